The van der Waals surface area contributed by atoms with E-state index in [4.69, 9.17) is 0 Å². The van der Waals surface area contributed by atoms with Crippen molar-refractivity contribution in [3.05, 3.63) is 29.6 Å². The SMILES string of the molecule is CCCCc1cccc(P(=O)(O)CC(F)(F)F)c1F. The molecule has 1 unspecified atom stereocenters. The molecule has 0 saturated carbocycles. The number of aryl methyl sites for hydroxylation is 1. The van der Waals surface area contributed by atoms with Gasteiger partial charge in [-0.15, -0.1) is 0 Å². The van der Waals surface area contributed by atoms with E-state index in [2.05, 4.69) is 0 Å². The van der Waals surface area contributed by atoms with Crippen molar-refractivity contribution < 1.29 is 27.0 Å². The Morgan fingerprint density at radius 1 is 1.32 bits per heavy atom. The Balaban J connectivity index is 3.10. The van der Waals surface area contributed by atoms with Gasteiger partial charge in [-0.2, -0.15) is 13.2 Å². The lowest BCUT2D eigenvalue weighted by Gasteiger charge is -2.16. The molecule has 7 heteroatoms. The second kappa shape index (κ2) is 6.06. The molecule has 108 valence electrons. The third kappa shape index (κ3) is 4.62. The van der Waals surface area contributed by atoms with Gasteiger partial charge in [0.15, 0.2) is 0 Å². The number of halogens is 4. The highest BCUT2D eigenvalue weighted by Crippen LogP contribution is 2.45. The van der Waals surface area contributed by atoms with E-state index in [-0.39, 0.29) is 5.56 Å². The molecule has 0 radical (unpaired) electrons. The minimum atomic E-state index is -4.81. The number of hydrogen-bond donors (Lipinski definition) is 1. The molecule has 0 aromatic heterocycles. The second-order valence-corrected chi connectivity index (χ2v) is 6.53. The lowest BCUT2D eigenvalue weighted by Crippen LogP contribution is -2.22. The predicted octanol–water partition coefficient (Wildman–Crippen LogP) is 3.63. The molecule has 0 amide bonds. The van der Waals surface area contributed by atoms with Gasteiger partial charge in [0.25, 0.3) is 0 Å². The fourth-order valence-electron chi connectivity index (χ4n) is 1.72. The average molecular weight is 298 g/mol. The monoisotopic (exact) mass is 298 g/mol. The lowest BCUT2D eigenvalue weighted by molar-refractivity contribution is -0.107. The number of rotatable bonds is 5. The van der Waals surface area contributed by atoms with E-state index in [1.165, 1.54) is 12.1 Å². The summed E-state index contributed by atoms with van der Waals surface area (Å²) in [6, 6.07) is 3.67. The summed E-state index contributed by atoms with van der Waals surface area (Å²) in [6.45, 7) is 1.89. The van der Waals surface area contributed by atoms with Gasteiger partial charge in [0, 0.05) is 0 Å². The van der Waals surface area contributed by atoms with Crippen molar-refractivity contribution in [2.45, 2.75) is 32.4 Å². The van der Waals surface area contributed by atoms with Gasteiger partial charge < -0.3 is 4.89 Å². The Hall–Kier alpha value is -0.870. The molecular weight excluding hydrogens is 283 g/mol. The van der Waals surface area contributed by atoms with Gasteiger partial charge in [0.1, 0.15) is 12.0 Å². The first-order valence-corrected chi connectivity index (χ1v) is 7.68. The van der Waals surface area contributed by atoms with E-state index >= 15 is 0 Å². The standard InChI is InChI=1S/C12H15F4O2P/c1-2-3-5-9-6-4-7-10(11(9)13)19(17,18)8-12(14,15)16/h4,6-7H,2-3,5,8H2,1H3,(H,17,18). The van der Waals surface area contributed by atoms with Crippen LogP contribution in [0.1, 0.15) is 25.3 Å². The first kappa shape index (κ1) is 16.2. The topological polar surface area (TPSA) is 37.3 Å². The van der Waals surface area contributed by atoms with Gasteiger partial charge in [-0.05, 0) is 24.5 Å². The molecule has 0 saturated heterocycles. The predicted molar refractivity (Wildman–Crippen MR) is 65.4 cm³/mol. The van der Waals surface area contributed by atoms with Gasteiger partial charge >= 0.3 is 6.18 Å². The molecule has 0 aliphatic carbocycles. The van der Waals surface area contributed by atoms with Crippen molar-refractivity contribution >= 4 is 12.7 Å². The van der Waals surface area contributed by atoms with Crippen LogP contribution in [0.5, 0.6) is 0 Å². The normalized spacial score (nSPS) is 15.3. The van der Waals surface area contributed by atoms with Crippen molar-refractivity contribution in [3.63, 3.8) is 0 Å². The van der Waals surface area contributed by atoms with E-state index in [0.717, 1.165) is 12.5 Å². The Morgan fingerprint density at radius 3 is 2.47 bits per heavy atom. The molecule has 0 bridgehead atoms. The zero-order chi connectivity index (χ0) is 14.7. The van der Waals surface area contributed by atoms with Crippen molar-refractivity contribution in [2.75, 3.05) is 6.16 Å². The molecule has 1 rings (SSSR count). The van der Waals surface area contributed by atoms with Crippen molar-refractivity contribution in [1.82, 2.24) is 0 Å². The Morgan fingerprint density at radius 2 is 1.95 bits per heavy atom. The van der Waals surface area contributed by atoms with Crippen LogP contribution in [0, 0.1) is 5.82 Å². The van der Waals surface area contributed by atoms with Crippen LogP contribution in [-0.2, 0) is 11.0 Å². The smallest absolute Gasteiger partial charge is 0.341 e. The van der Waals surface area contributed by atoms with Crippen LogP contribution in [0.2, 0.25) is 0 Å². The van der Waals surface area contributed by atoms with Crippen molar-refractivity contribution in [3.8, 4) is 0 Å². The van der Waals surface area contributed by atoms with Gasteiger partial charge in [0.2, 0.25) is 7.37 Å². The maximum absolute atomic E-state index is 14.0. The van der Waals surface area contributed by atoms with Gasteiger partial charge in [-0.1, -0.05) is 25.5 Å². The quantitative estimate of drug-likeness (QED) is 0.666. The molecular formula is C12H15F4O2P. The van der Waals surface area contributed by atoms with Crippen LogP contribution in [0.15, 0.2) is 18.2 Å². The molecule has 0 aliphatic heterocycles. The van der Waals surface area contributed by atoms with Crippen molar-refractivity contribution in [2.24, 2.45) is 0 Å². The van der Waals surface area contributed by atoms with E-state index in [9.17, 15) is 27.0 Å². The minimum Gasteiger partial charge on any atom is -0.341 e. The van der Waals surface area contributed by atoms with Crippen LogP contribution >= 0.6 is 7.37 Å². The zero-order valence-corrected chi connectivity index (χ0v) is 11.3. The number of benzene rings is 1. The lowest BCUT2D eigenvalue weighted by atomic mass is 10.1. The summed E-state index contributed by atoms with van der Waals surface area (Å²) in [5.41, 5.74) is 0.177. The van der Waals surface area contributed by atoms with Crippen LogP contribution in [0.4, 0.5) is 17.6 Å². The van der Waals surface area contributed by atoms with Gasteiger partial charge in [-0.25, -0.2) is 4.39 Å². The zero-order valence-electron chi connectivity index (χ0n) is 10.4. The highest BCUT2D eigenvalue weighted by atomic mass is 31.2. The summed E-state index contributed by atoms with van der Waals surface area (Å²) >= 11 is 0. The molecule has 0 aliphatic rings. The van der Waals surface area contributed by atoms with E-state index in [1.807, 2.05) is 6.92 Å². The maximum atomic E-state index is 14.0. The minimum absolute atomic E-state index is 0.177. The molecule has 19 heavy (non-hydrogen) atoms. The van der Waals surface area contributed by atoms with Crippen molar-refractivity contribution in [1.29, 1.82) is 0 Å². The van der Waals surface area contributed by atoms with E-state index < -0.39 is 30.8 Å². The molecule has 0 fully saturated rings. The van der Waals surface area contributed by atoms with E-state index in [1.54, 1.807) is 0 Å². The number of unbranched alkanes of at least 4 members (excludes halogenated alkanes) is 1. The number of hydrogen-bond acceptors (Lipinski definition) is 1. The Bertz CT molecular complexity index is 485. The summed E-state index contributed by atoms with van der Waals surface area (Å²) in [5, 5.41) is -0.738. The third-order valence-electron chi connectivity index (χ3n) is 2.63. The van der Waals surface area contributed by atoms with Crippen LogP contribution in [-0.4, -0.2) is 17.2 Å². The Labute approximate surface area is 108 Å². The molecule has 1 N–H and O–H groups in total. The van der Waals surface area contributed by atoms with Crippen LogP contribution < -0.4 is 5.30 Å². The summed E-state index contributed by atoms with van der Waals surface area (Å²) in [7, 11) is -4.76. The molecule has 2 nitrogen and oxygen atoms in total. The summed E-state index contributed by atoms with van der Waals surface area (Å²) in [4.78, 5) is 9.45. The Kier molecular flexibility index (Phi) is 5.16. The molecule has 1 aromatic rings. The highest BCUT2D eigenvalue weighted by molar-refractivity contribution is 7.66. The van der Waals surface area contributed by atoms with Crippen LogP contribution in [0.25, 0.3) is 0 Å². The molecule has 0 spiro atoms. The fourth-order valence-corrected chi connectivity index (χ4v) is 3.15. The molecule has 0 heterocycles. The van der Waals surface area contributed by atoms with E-state index in [0.29, 0.717) is 12.8 Å². The molecule has 1 aromatic carbocycles. The fraction of sp³-hybridized carbons (Fsp3) is 0.500. The summed E-state index contributed by atoms with van der Waals surface area (Å²) < 4.78 is 62.3. The largest absolute Gasteiger partial charge is 0.398 e. The number of alkyl halides is 3. The second-order valence-electron chi connectivity index (χ2n) is 4.33. The molecule has 1 atom stereocenters. The average Bonchev–Trinajstić information content (AvgIpc) is 2.24. The summed E-state index contributed by atoms with van der Waals surface area (Å²) in [6.07, 6.45) is -4.93. The first-order valence-electron chi connectivity index (χ1n) is 5.84. The maximum Gasteiger partial charge on any atom is 0.398 e. The third-order valence-corrected chi connectivity index (χ3v) is 4.51. The highest BCUT2D eigenvalue weighted by Gasteiger charge is 2.40. The van der Waals surface area contributed by atoms with Gasteiger partial charge in [-0.3, -0.25) is 4.57 Å². The van der Waals surface area contributed by atoms with Crippen LogP contribution in [0.3, 0.4) is 0 Å². The first-order chi connectivity index (χ1) is 8.67. The summed E-state index contributed by atoms with van der Waals surface area (Å²) in [5.74, 6) is -0.994. The van der Waals surface area contributed by atoms with Gasteiger partial charge in [0.05, 0.1) is 5.30 Å².